The van der Waals surface area contributed by atoms with E-state index in [0.717, 1.165) is 36.9 Å². The van der Waals surface area contributed by atoms with Crippen molar-refractivity contribution in [1.29, 1.82) is 0 Å². The van der Waals surface area contributed by atoms with Crippen LogP contribution in [0.2, 0.25) is 0 Å². The summed E-state index contributed by atoms with van der Waals surface area (Å²) in [6, 6.07) is 8.34. The van der Waals surface area contributed by atoms with Gasteiger partial charge >= 0.3 is 0 Å². The van der Waals surface area contributed by atoms with Gasteiger partial charge in [-0.25, -0.2) is 4.98 Å². The minimum absolute atomic E-state index is 0.314. The molecule has 0 unspecified atom stereocenters. The van der Waals surface area contributed by atoms with Gasteiger partial charge in [0.05, 0.1) is 0 Å². The van der Waals surface area contributed by atoms with Gasteiger partial charge in [0.2, 0.25) is 0 Å². The zero-order chi connectivity index (χ0) is 15.5. The molecule has 1 aromatic carbocycles. The first-order chi connectivity index (χ1) is 10.7. The Kier molecular flexibility index (Phi) is 4.64. The van der Waals surface area contributed by atoms with Crippen LogP contribution in [0, 0.1) is 0 Å². The summed E-state index contributed by atoms with van der Waals surface area (Å²) in [5.41, 5.74) is 1.29. The Morgan fingerprint density at radius 1 is 1.32 bits per heavy atom. The molecule has 2 aromatic rings. The number of anilines is 1. The first-order valence-electron chi connectivity index (χ1n) is 7.74. The summed E-state index contributed by atoms with van der Waals surface area (Å²) in [7, 11) is 4.06. The molecule has 0 N–H and O–H groups in total. The van der Waals surface area contributed by atoms with Crippen molar-refractivity contribution >= 4 is 16.5 Å². The van der Waals surface area contributed by atoms with Gasteiger partial charge in [0.25, 0.3) is 0 Å². The van der Waals surface area contributed by atoms with Crippen molar-refractivity contribution in [3.8, 4) is 5.75 Å². The predicted molar refractivity (Wildman–Crippen MR) is 92.0 cm³/mol. The van der Waals surface area contributed by atoms with Crippen molar-refractivity contribution in [3.05, 3.63) is 40.9 Å². The van der Waals surface area contributed by atoms with Crippen molar-refractivity contribution in [2.24, 2.45) is 0 Å². The zero-order valence-corrected chi connectivity index (χ0v) is 14.3. The van der Waals surface area contributed by atoms with Crippen LogP contribution in [0.3, 0.4) is 0 Å². The largest absolute Gasteiger partial charge is 0.487 e. The minimum atomic E-state index is 0.314. The van der Waals surface area contributed by atoms with Gasteiger partial charge in [0.1, 0.15) is 11.9 Å². The molecule has 0 saturated carbocycles. The van der Waals surface area contributed by atoms with Crippen molar-refractivity contribution in [2.45, 2.75) is 26.0 Å². The average molecular weight is 317 g/mol. The second-order valence-electron chi connectivity index (χ2n) is 5.90. The van der Waals surface area contributed by atoms with Gasteiger partial charge in [0, 0.05) is 44.8 Å². The van der Waals surface area contributed by atoms with Gasteiger partial charge in [-0.15, -0.1) is 11.3 Å². The standard InChI is InChI=1S/C17H23N3OS/c1-4-13-7-5-6-8-16(13)21-14-10-20(11-14)12-15-9-18-17(22-15)19(2)3/h5-9,14H,4,10-12H2,1-3H3. The lowest BCUT2D eigenvalue weighted by Crippen LogP contribution is -2.53. The molecular formula is C17H23N3OS. The highest BCUT2D eigenvalue weighted by atomic mass is 32.1. The van der Waals surface area contributed by atoms with Gasteiger partial charge in [-0.3, -0.25) is 4.90 Å². The fourth-order valence-electron chi connectivity index (χ4n) is 2.61. The molecule has 4 nitrogen and oxygen atoms in total. The fourth-order valence-corrected chi connectivity index (χ4v) is 3.49. The molecule has 22 heavy (non-hydrogen) atoms. The summed E-state index contributed by atoms with van der Waals surface area (Å²) >= 11 is 1.76. The Morgan fingerprint density at radius 2 is 2.09 bits per heavy atom. The number of benzene rings is 1. The first-order valence-corrected chi connectivity index (χ1v) is 8.56. The molecule has 0 spiro atoms. The lowest BCUT2D eigenvalue weighted by molar-refractivity contribution is 0.0146. The molecule has 1 fully saturated rings. The van der Waals surface area contributed by atoms with E-state index < -0.39 is 0 Å². The molecule has 0 amide bonds. The molecule has 0 bridgehead atoms. The molecule has 1 saturated heterocycles. The summed E-state index contributed by atoms with van der Waals surface area (Å²) in [6.07, 6.45) is 3.32. The van der Waals surface area contributed by atoms with Gasteiger partial charge < -0.3 is 9.64 Å². The van der Waals surface area contributed by atoms with Crippen LogP contribution >= 0.6 is 11.3 Å². The van der Waals surface area contributed by atoms with E-state index >= 15 is 0 Å². The number of nitrogens with zero attached hydrogens (tertiary/aromatic N) is 3. The van der Waals surface area contributed by atoms with E-state index in [1.807, 2.05) is 26.4 Å². The van der Waals surface area contributed by atoms with Crippen molar-refractivity contribution in [2.75, 3.05) is 32.1 Å². The number of hydrogen-bond acceptors (Lipinski definition) is 5. The average Bonchev–Trinajstić information content (AvgIpc) is 2.94. The van der Waals surface area contributed by atoms with Crippen LogP contribution in [0.5, 0.6) is 5.75 Å². The van der Waals surface area contributed by atoms with Gasteiger partial charge in [0.15, 0.2) is 5.13 Å². The van der Waals surface area contributed by atoms with E-state index in [1.54, 1.807) is 11.3 Å². The smallest absolute Gasteiger partial charge is 0.185 e. The lowest BCUT2D eigenvalue weighted by Gasteiger charge is -2.39. The topological polar surface area (TPSA) is 28.6 Å². The molecule has 118 valence electrons. The summed E-state index contributed by atoms with van der Waals surface area (Å²) < 4.78 is 6.12. The Morgan fingerprint density at radius 3 is 2.77 bits per heavy atom. The SMILES string of the molecule is CCc1ccccc1OC1CN(Cc2cnc(N(C)C)s2)C1. The maximum atomic E-state index is 6.12. The Balaban J connectivity index is 1.49. The maximum Gasteiger partial charge on any atom is 0.185 e. The van der Waals surface area contributed by atoms with E-state index in [0.29, 0.717) is 6.10 Å². The number of rotatable bonds is 6. The maximum absolute atomic E-state index is 6.12. The first kappa shape index (κ1) is 15.3. The normalized spacial score (nSPS) is 15.6. The van der Waals surface area contributed by atoms with E-state index in [2.05, 4.69) is 39.9 Å². The molecule has 0 radical (unpaired) electrons. The zero-order valence-electron chi connectivity index (χ0n) is 13.5. The predicted octanol–water partition coefficient (Wildman–Crippen LogP) is 3.03. The Hall–Kier alpha value is -1.59. The van der Waals surface area contributed by atoms with Crippen LogP contribution in [-0.2, 0) is 13.0 Å². The number of thiazole rings is 1. The second-order valence-corrected chi connectivity index (χ2v) is 6.99. The number of para-hydroxylation sites is 1. The highest BCUT2D eigenvalue weighted by molar-refractivity contribution is 7.15. The fraction of sp³-hybridized carbons (Fsp3) is 0.471. The van der Waals surface area contributed by atoms with Gasteiger partial charge in [-0.1, -0.05) is 25.1 Å². The van der Waals surface area contributed by atoms with Crippen LogP contribution in [0.25, 0.3) is 0 Å². The van der Waals surface area contributed by atoms with Crippen LogP contribution in [0.1, 0.15) is 17.4 Å². The molecule has 0 atom stereocenters. The van der Waals surface area contributed by atoms with Crippen molar-refractivity contribution in [3.63, 3.8) is 0 Å². The molecule has 1 aliphatic rings. The number of aromatic nitrogens is 1. The lowest BCUT2D eigenvalue weighted by atomic mass is 10.1. The third-order valence-corrected chi connectivity index (χ3v) is 5.02. The van der Waals surface area contributed by atoms with Crippen LogP contribution in [-0.4, -0.2) is 43.2 Å². The van der Waals surface area contributed by atoms with Crippen LogP contribution in [0.15, 0.2) is 30.5 Å². The van der Waals surface area contributed by atoms with Crippen molar-refractivity contribution in [1.82, 2.24) is 9.88 Å². The quantitative estimate of drug-likeness (QED) is 0.819. The monoisotopic (exact) mass is 317 g/mol. The highest BCUT2D eigenvalue weighted by Crippen LogP contribution is 2.26. The van der Waals surface area contributed by atoms with E-state index in [-0.39, 0.29) is 0 Å². The van der Waals surface area contributed by atoms with Gasteiger partial charge in [-0.05, 0) is 18.1 Å². The Labute approximate surface area is 136 Å². The molecule has 2 heterocycles. The van der Waals surface area contributed by atoms with Crippen LogP contribution < -0.4 is 9.64 Å². The Bertz CT molecular complexity index is 620. The molecule has 0 aliphatic carbocycles. The minimum Gasteiger partial charge on any atom is -0.487 e. The summed E-state index contributed by atoms with van der Waals surface area (Å²) in [5, 5.41) is 1.07. The van der Waals surface area contributed by atoms with E-state index in [1.165, 1.54) is 10.4 Å². The second kappa shape index (κ2) is 6.67. The van der Waals surface area contributed by atoms with Gasteiger partial charge in [-0.2, -0.15) is 0 Å². The number of hydrogen-bond donors (Lipinski definition) is 0. The van der Waals surface area contributed by atoms with E-state index in [4.69, 9.17) is 4.74 Å². The third-order valence-electron chi connectivity index (χ3n) is 3.87. The number of aryl methyl sites for hydroxylation is 1. The number of ether oxygens (including phenoxy) is 1. The molecule has 3 rings (SSSR count). The summed E-state index contributed by atoms with van der Waals surface area (Å²) in [4.78, 5) is 10.2. The highest BCUT2D eigenvalue weighted by Gasteiger charge is 2.29. The van der Waals surface area contributed by atoms with Crippen molar-refractivity contribution < 1.29 is 4.74 Å². The van der Waals surface area contributed by atoms with E-state index in [9.17, 15) is 0 Å². The summed E-state index contributed by atoms with van der Waals surface area (Å²) in [5.74, 6) is 1.04. The molecular weight excluding hydrogens is 294 g/mol. The van der Waals surface area contributed by atoms with Crippen LogP contribution in [0.4, 0.5) is 5.13 Å². The summed E-state index contributed by atoms with van der Waals surface area (Å²) in [6.45, 7) is 5.13. The third kappa shape index (κ3) is 3.42. The number of likely N-dealkylation sites (tertiary alicyclic amines) is 1. The molecule has 1 aliphatic heterocycles. The molecule has 5 heteroatoms. The molecule has 1 aromatic heterocycles.